The van der Waals surface area contributed by atoms with Crippen LogP contribution in [0.5, 0.6) is 5.75 Å². The van der Waals surface area contributed by atoms with Crippen LogP contribution in [0.2, 0.25) is 0 Å². The second-order valence-corrected chi connectivity index (χ2v) is 6.51. The van der Waals surface area contributed by atoms with Crippen molar-refractivity contribution in [3.8, 4) is 5.75 Å². The van der Waals surface area contributed by atoms with Crippen molar-refractivity contribution in [2.24, 2.45) is 5.92 Å². The molecule has 0 saturated carbocycles. The zero-order valence-corrected chi connectivity index (χ0v) is 15.5. The monoisotopic (exact) mass is 354 g/mol. The minimum absolute atomic E-state index is 0.0283. The summed E-state index contributed by atoms with van der Waals surface area (Å²) in [7, 11) is 0. The average Bonchev–Trinajstić information content (AvgIpc) is 2.64. The molecule has 0 aliphatic carbocycles. The van der Waals surface area contributed by atoms with Gasteiger partial charge < -0.3 is 15.4 Å². The van der Waals surface area contributed by atoms with Crippen molar-refractivity contribution in [3.05, 3.63) is 65.7 Å². The van der Waals surface area contributed by atoms with Crippen molar-refractivity contribution >= 4 is 11.8 Å². The molecule has 2 rings (SSSR count). The summed E-state index contributed by atoms with van der Waals surface area (Å²) < 4.78 is 5.56. The van der Waals surface area contributed by atoms with Gasteiger partial charge in [0, 0.05) is 5.56 Å². The molecule has 1 atom stereocenters. The first kappa shape index (κ1) is 19.5. The van der Waals surface area contributed by atoms with E-state index in [2.05, 4.69) is 10.6 Å². The fourth-order valence-electron chi connectivity index (χ4n) is 2.43. The highest BCUT2D eigenvalue weighted by Crippen LogP contribution is 2.08. The van der Waals surface area contributed by atoms with Gasteiger partial charge in [0.2, 0.25) is 5.91 Å². The zero-order valence-electron chi connectivity index (χ0n) is 15.5. The number of aryl methyl sites for hydroxylation is 1. The van der Waals surface area contributed by atoms with Crippen molar-refractivity contribution in [1.82, 2.24) is 10.6 Å². The van der Waals surface area contributed by atoms with Crippen LogP contribution in [0, 0.1) is 12.8 Å². The van der Waals surface area contributed by atoms with Gasteiger partial charge in [0.25, 0.3) is 5.91 Å². The standard InChI is InChI=1S/C21H26N2O3/c1-15(2)19(23-20(24)17-11-9-16(3)10-12-17)21(25)22-13-14-26-18-7-5-4-6-8-18/h4-12,15,19H,13-14H2,1-3H3,(H,22,25)(H,23,24). The van der Waals surface area contributed by atoms with E-state index in [4.69, 9.17) is 4.74 Å². The maximum atomic E-state index is 12.4. The minimum atomic E-state index is -0.597. The number of amides is 2. The fourth-order valence-corrected chi connectivity index (χ4v) is 2.43. The van der Waals surface area contributed by atoms with Gasteiger partial charge in [0.15, 0.2) is 0 Å². The molecule has 0 aliphatic heterocycles. The molecule has 2 amide bonds. The third kappa shape index (κ3) is 5.92. The molecule has 2 aromatic carbocycles. The third-order valence-electron chi connectivity index (χ3n) is 3.96. The lowest BCUT2D eigenvalue weighted by Crippen LogP contribution is -2.50. The Labute approximate surface area is 154 Å². The second kappa shape index (κ2) is 9.61. The second-order valence-electron chi connectivity index (χ2n) is 6.51. The van der Waals surface area contributed by atoms with Crippen molar-refractivity contribution < 1.29 is 14.3 Å². The number of carbonyl (C=O) groups is 2. The molecular formula is C21H26N2O3. The molecule has 0 saturated heterocycles. The van der Waals surface area contributed by atoms with Crippen molar-refractivity contribution in [2.45, 2.75) is 26.8 Å². The van der Waals surface area contributed by atoms with Crippen LogP contribution in [-0.2, 0) is 4.79 Å². The van der Waals surface area contributed by atoms with Gasteiger partial charge >= 0.3 is 0 Å². The smallest absolute Gasteiger partial charge is 0.251 e. The normalized spacial score (nSPS) is 11.7. The van der Waals surface area contributed by atoms with Crippen LogP contribution < -0.4 is 15.4 Å². The largest absolute Gasteiger partial charge is 0.492 e. The molecule has 0 bridgehead atoms. The molecule has 26 heavy (non-hydrogen) atoms. The predicted octanol–water partition coefficient (Wildman–Crippen LogP) is 2.94. The van der Waals surface area contributed by atoms with Crippen LogP contribution in [0.4, 0.5) is 0 Å². The highest BCUT2D eigenvalue weighted by atomic mass is 16.5. The Morgan fingerprint density at radius 3 is 2.27 bits per heavy atom. The van der Waals surface area contributed by atoms with Gasteiger partial charge in [-0.1, -0.05) is 49.7 Å². The van der Waals surface area contributed by atoms with E-state index in [0.29, 0.717) is 18.7 Å². The molecule has 5 heteroatoms. The van der Waals surface area contributed by atoms with Crippen LogP contribution in [0.1, 0.15) is 29.8 Å². The Morgan fingerprint density at radius 1 is 1.00 bits per heavy atom. The molecular weight excluding hydrogens is 328 g/mol. The van der Waals surface area contributed by atoms with Crippen molar-refractivity contribution in [2.75, 3.05) is 13.2 Å². The van der Waals surface area contributed by atoms with Gasteiger partial charge in [-0.3, -0.25) is 9.59 Å². The van der Waals surface area contributed by atoms with Crippen molar-refractivity contribution in [1.29, 1.82) is 0 Å². The summed E-state index contributed by atoms with van der Waals surface area (Å²) in [5.74, 6) is 0.269. The quantitative estimate of drug-likeness (QED) is 0.716. The number of hydrogen-bond acceptors (Lipinski definition) is 3. The molecule has 0 radical (unpaired) electrons. The van der Waals surface area contributed by atoms with E-state index in [1.165, 1.54) is 0 Å². The van der Waals surface area contributed by atoms with E-state index >= 15 is 0 Å². The molecule has 0 aromatic heterocycles. The fraction of sp³-hybridized carbons (Fsp3) is 0.333. The molecule has 2 N–H and O–H groups in total. The highest BCUT2D eigenvalue weighted by molar-refractivity contribution is 5.97. The van der Waals surface area contributed by atoms with E-state index in [9.17, 15) is 9.59 Å². The van der Waals surface area contributed by atoms with E-state index in [0.717, 1.165) is 11.3 Å². The van der Waals surface area contributed by atoms with Crippen LogP contribution >= 0.6 is 0 Å². The number of hydrogen-bond donors (Lipinski definition) is 2. The van der Waals surface area contributed by atoms with E-state index < -0.39 is 6.04 Å². The Bertz CT molecular complexity index is 712. The number of nitrogens with one attached hydrogen (secondary N) is 2. The summed E-state index contributed by atoms with van der Waals surface area (Å²) >= 11 is 0. The first-order chi connectivity index (χ1) is 12.5. The molecule has 1 unspecified atom stereocenters. The van der Waals surface area contributed by atoms with Gasteiger partial charge in [-0.05, 0) is 37.1 Å². The number of para-hydroxylation sites is 1. The number of ether oxygens (including phenoxy) is 1. The Morgan fingerprint density at radius 2 is 1.65 bits per heavy atom. The van der Waals surface area contributed by atoms with Gasteiger partial charge in [0.05, 0.1) is 6.54 Å². The lowest BCUT2D eigenvalue weighted by Gasteiger charge is -2.22. The Kier molecular flexibility index (Phi) is 7.21. The molecule has 0 spiro atoms. The first-order valence-electron chi connectivity index (χ1n) is 8.80. The molecule has 0 fully saturated rings. The lowest BCUT2D eigenvalue weighted by molar-refractivity contribution is -0.124. The molecule has 0 aliphatic rings. The lowest BCUT2D eigenvalue weighted by atomic mass is 10.0. The van der Waals surface area contributed by atoms with Crippen LogP contribution in [0.3, 0.4) is 0 Å². The summed E-state index contributed by atoms with van der Waals surface area (Å²) in [5.41, 5.74) is 1.62. The van der Waals surface area contributed by atoms with Crippen LogP contribution in [0.15, 0.2) is 54.6 Å². The number of carbonyl (C=O) groups excluding carboxylic acids is 2. The summed E-state index contributed by atoms with van der Waals surface area (Å²) in [6, 6.07) is 16.1. The first-order valence-corrected chi connectivity index (χ1v) is 8.80. The predicted molar refractivity (Wildman–Crippen MR) is 102 cm³/mol. The highest BCUT2D eigenvalue weighted by Gasteiger charge is 2.24. The van der Waals surface area contributed by atoms with E-state index in [1.807, 2.05) is 63.2 Å². The summed E-state index contributed by atoms with van der Waals surface area (Å²) in [5, 5.41) is 5.64. The van der Waals surface area contributed by atoms with Crippen LogP contribution in [-0.4, -0.2) is 31.0 Å². The minimum Gasteiger partial charge on any atom is -0.492 e. The summed E-state index contributed by atoms with van der Waals surface area (Å²) in [6.45, 7) is 6.51. The molecule has 2 aromatic rings. The van der Waals surface area contributed by atoms with Gasteiger partial charge in [-0.15, -0.1) is 0 Å². The Balaban J connectivity index is 1.84. The van der Waals surface area contributed by atoms with E-state index in [-0.39, 0.29) is 17.7 Å². The topological polar surface area (TPSA) is 67.4 Å². The third-order valence-corrected chi connectivity index (χ3v) is 3.96. The molecule has 138 valence electrons. The number of benzene rings is 2. The van der Waals surface area contributed by atoms with Crippen molar-refractivity contribution in [3.63, 3.8) is 0 Å². The maximum absolute atomic E-state index is 12.4. The molecule has 0 heterocycles. The summed E-state index contributed by atoms with van der Waals surface area (Å²) in [4.78, 5) is 24.8. The average molecular weight is 354 g/mol. The van der Waals surface area contributed by atoms with Gasteiger partial charge in [0.1, 0.15) is 18.4 Å². The zero-order chi connectivity index (χ0) is 18.9. The summed E-state index contributed by atoms with van der Waals surface area (Å²) in [6.07, 6.45) is 0. The Hall–Kier alpha value is -2.82. The van der Waals surface area contributed by atoms with Gasteiger partial charge in [-0.25, -0.2) is 0 Å². The number of rotatable bonds is 8. The maximum Gasteiger partial charge on any atom is 0.251 e. The molecule has 5 nitrogen and oxygen atoms in total. The van der Waals surface area contributed by atoms with Gasteiger partial charge in [-0.2, -0.15) is 0 Å². The van der Waals surface area contributed by atoms with Crippen LogP contribution in [0.25, 0.3) is 0 Å². The SMILES string of the molecule is Cc1ccc(C(=O)NC(C(=O)NCCOc2ccccc2)C(C)C)cc1. The van der Waals surface area contributed by atoms with E-state index in [1.54, 1.807) is 12.1 Å².